The standard InChI is InChI=1S/C19H21N2/c1-14-12-19(20(3)13-14)18-11-7-10-17(21(18)4)16-9-6-5-8-15(16)2/h5-13H,1-4H3/q+1. The Kier molecular flexibility index (Phi) is 3.38. The molecule has 0 atom stereocenters. The van der Waals surface area contributed by atoms with Crippen LogP contribution in [0.25, 0.3) is 22.6 Å². The summed E-state index contributed by atoms with van der Waals surface area (Å²) in [5.41, 5.74) is 7.58. The first-order valence-corrected chi connectivity index (χ1v) is 7.26. The molecule has 0 aliphatic carbocycles. The fourth-order valence-corrected chi connectivity index (χ4v) is 2.96. The lowest BCUT2D eigenvalue weighted by molar-refractivity contribution is -0.649. The molecule has 0 bridgehead atoms. The molecule has 0 saturated heterocycles. The van der Waals surface area contributed by atoms with Gasteiger partial charge in [-0.2, -0.15) is 4.57 Å². The second kappa shape index (κ2) is 5.21. The van der Waals surface area contributed by atoms with E-state index < -0.39 is 0 Å². The van der Waals surface area contributed by atoms with Crippen LogP contribution in [-0.2, 0) is 14.1 Å². The predicted molar refractivity (Wildman–Crippen MR) is 86.9 cm³/mol. The van der Waals surface area contributed by atoms with Gasteiger partial charge >= 0.3 is 0 Å². The van der Waals surface area contributed by atoms with E-state index in [4.69, 9.17) is 0 Å². The van der Waals surface area contributed by atoms with Gasteiger partial charge < -0.3 is 4.57 Å². The first kappa shape index (κ1) is 13.6. The van der Waals surface area contributed by atoms with E-state index in [1.165, 1.54) is 33.8 Å². The largest absolute Gasteiger partial charge is 0.345 e. The van der Waals surface area contributed by atoms with Crippen LogP contribution in [-0.4, -0.2) is 4.57 Å². The van der Waals surface area contributed by atoms with Crippen molar-refractivity contribution in [1.82, 2.24) is 4.57 Å². The molecule has 2 heteroatoms. The summed E-state index contributed by atoms with van der Waals surface area (Å²) in [7, 11) is 4.24. The molecule has 0 aliphatic heterocycles. The van der Waals surface area contributed by atoms with Crippen LogP contribution in [0.15, 0.2) is 54.7 Å². The average molecular weight is 277 g/mol. The summed E-state index contributed by atoms with van der Waals surface area (Å²) in [6.45, 7) is 4.30. The van der Waals surface area contributed by atoms with Gasteiger partial charge in [0.25, 0.3) is 0 Å². The summed E-state index contributed by atoms with van der Waals surface area (Å²) < 4.78 is 4.46. The molecule has 1 aromatic carbocycles. The first-order chi connectivity index (χ1) is 10.1. The van der Waals surface area contributed by atoms with E-state index >= 15 is 0 Å². The van der Waals surface area contributed by atoms with Crippen LogP contribution in [0.1, 0.15) is 11.1 Å². The van der Waals surface area contributed by atoms with Crippen molar-refractivity contribution in [3.8, 4) is 22.6 Å². The van der Waals surface area contributed by atoms with Crippen molar-refractivity contribution >= 4 is 0 Å². The van der Waals surface area contributed by atoms with Gasteiger partial charge in [0.2, 0.25) is 11.4 Å². The smallest absolute Gasteiger partial charge is 0.229 e. The van der Waals surface area contributed by atoms with Crippen LogP contribution in [0.3, 0.4) is 0 Å². The van der Waals surface area contributed by atoms with Crippen LogP contribution in [0.4, 0.5) is 0 Å². The Morgan fingerprint density at radius 2 is 1.62 bits per heavy atom. The monoisotopic (exact) mass is 277 g/mol. The van der Waals surface area contributed by atoms with Gasteiger partial charge in [0.05, 0.1) is 0 Å². The number of aromatic nitrogens is 2. The molecule has 0 spiro atoms. The number of hydrogen-bond acceptors (Lipinski definition) is 0. The third-order valence-corrected chi connectivity index (χ3v) is 4.06. The van der Waals surface area contributed by atoms with E-state index in [0.717, 1.165) is 0 Å². The lowest BCUT2D eigenvalue weighted by atomic mass is 10.0. The Morgan fingerprint density at radius 1 is 0.905 bits per heavy atom. The van der Waals surface area contributed by atoms with E-state index in [2.05, 4.69) is 91.8 Å². The third kappa shape index (κ3) is 2.38. The lowest BCUT2D eigenvalue weighted by Crippen LogP contribution is -2.34. The van der Waals surface area contributed by atoms with Gasteiger partial charge in [0, 0.05) is 30.9 Å². The minimum Gasteiger partial charge on any atom is -0.345 e. The zero-order chi connectivity index (χ0) is 15.0. The van der Waals surface area contributed by atoms with Crippen LogP contribution >= 0.6 is 0 Å². The molecule has 106 valence electrons. The van der Waals surface area contributed by atoms with Gasteiger partial charge in [0.1, 0.15) is 12.7 Å². The van der Waals surface area contributed by atoms with Gasteiger partial charge in [-0.05, 0) is 43.2 Å². The number of nitrogens with zero attached hydrogens (tertiary/aromatic N) is 2. The summed E-state index contributed by atoms with van der Waals surface area (Å²) in [5, 5.41) is 0. The average Bonchev–Trinajstić information content (AvgIpc) is 2.79. The molecule has 0 radical (unpaired) electrons. The molecule has 0 saturated carbocycles. The minimum absolute atomic E-state index is 1.23. The minimum atomic E-state index is 1.23. The van der Waals surface area contributed by atoms with Gasteiger partial charge in [-0.15, -0.1) is 0 Å². The number of aryl methyl sites for hydroxylation is 3. The molecule has 0 aliphatic rings. The van der Waals surface area contributed by atoms with Crippen molar-refractivity contribution in [3.63, 3.8) is 0 Å². The van der Waals surface area contributed by atoms with E-state index in [1.54, 1.807) is 0 Å². The number of benzene rings is 1. The molecule has 2 nitrogen and oxygen atoms in total. The van der Waals surface area contributed by atoms with E-state index in [9.17, 15) is 0 Å². The van der Waals surface area contributed by atoms with Gasteiger partial charge in [-0.1, -0.05) is 18.2 Å². The predicted octanol–water partition coefficient (Wildman–Crippen LogP) is 3.80. The fourth-order valence-electron chi connectivity index (χ4n) is 2.96. The molecule has 0 unspecified atom stereocenters. The molecule has 2 aromatic heterocycles. The normalized spacial score (nSPS) is 10.9. The van der Waals surface area contributed by atoms with Gasteiger partial charge in [-0.3, -0.25) is 0 Å². The summed E-state index contributed by atoms with van der Waals surface area (Å²) in [5.74, 6) is 0. The lowest BCUT2D eigenvalue weighted by Gasteiger charge is -2.08. The second-order valence-electron chi connectivity index (χ2n) is 5.68. The Labute approximate surface area is 126 Å². The maximum atomic E-state index is 2.27. The topological polar surface area (TPSA) is 8.81 Å². The van der Waals surface area contributed by atoms with Crippen molar-refractivity contribution < 1.29 is 4.57 Å². The Hall–Kier alpha value is -2.35. The van der Waals surface area contributed by atoms with Gasteiger partial charge in [0.15, 0.2) is 0 Å². The Balaban J connectivity index is 2.21. The van der Waals surface area contributed by atoms with Crippen LogP contribution < -0.4 is 4.57 Å². The van der Waals surface area contributed by atoms with Crippen molar-refractivity contribution in [3.05, 3.63) is 65.9 Å². The highest BCUT2D eigenvalue weighted by Gasteiger charge is 2.19. The summed E-state index contributed by atoms with van der Waals surface area (Å²) in [4.78, 5) is 0. The molecular weight excluding hydrogens is 256 g/mol. The Morgan fingerprint density at radius 3 is 2.29 bits per heavy atom. The van der Waals surface area contributed by atoms with Crippen molar-refractivity contribution in [2.24, 2.45) is 14.1 Å². The van der Waals surface area contributed by atoms with E-state index in [0.29, 0.717) is 0 Å². The van der Waals surface area contributed by atoms with Crippen LogP contribution in [0.2, 0.25) is 0 Å². The van der Waals surface area contributed by atoms with E-state index in [-0.39, 0.29) is 0 Å². The quantitative estimate of drug-likeness (QED) is 0.630. The number of hydrogen-bond donors (Lipinski definition) is 0. The van der Waals surface area contributed by atoms with Crippen LogP contribution in [0, 0.1) is 13.8 Å². The number of rotatable bonds is 2. The SMILES string of the molecule is Cc1cc(-c2cccc(-c3ccccc3C)[n+]2C)n(C)c1. The molecule has 21 heavy (non-hydrogen) atoms. The maximum Gasteiger partial charge on any atom is 0.229 e. The van der Waals surface area contributed by atoms with E-state index in [1.807, 2.05) is 0 Å². The summed E-state index contributed by atoms with van der Waals surface area (Å²) in [6, 6.07) is 17.3. The fraction of sp³-hybridized carbons (Fsp3) is 0.211. The zero-order valence-electron chi connectivity index (χ0n) is 13.1. The summed E-state index contributed by atoms with van der Waals surface area (Å²) >= 11 is 0. The molecular formula is C19H21N2+. The highest BCUT2D eigenvalue weighted by atomic mass is 15.0. The molecule has 0 N–H and O–H groups in total. The summed E-state index contributed by atoms with van der Waals surface area (Å²) in [6.07, 6.45) is 2.16. The van der Waals surface area contributed by atoms with Crippen molar-refractivity contribution in [2.75, 3.05) is 0 Å². The van der Waals surface area contributed by atoms with Crippen molar-refractivity contribution in [1.29, 1.82) is 0 Å². The number of pyridine rings is 1. The first-order valence-electron chi connectivity index (χ1n) is 7.26. The second-order valence-corrected chi connectivity index (χ2v) is 5.68. The maximum absolute atomic E-state index is 2.27. The molecule has 2 heterocycles. The molecule has 0 amide bonds. The van der Waals surface area contributed by atoms with Gasteiger partial charge in [-0.25, -0.2) is 0 Å². The molecule has 3 aromatic rings. The third-order valence-electron chi connectivity index (χ3n) is 4.06. The molecule has 3 rings (SSSR count). The highest BCUT2D eigenvalue weighted by molar-refractivity contribution is 5.63. The Bertz CT molecular complexity index is 797. The zero-order valence-corrected chi connectivity index (χ0v) is 13.1. The van der Waals surface area contributed by atoms with Crippen LogP contribution in [0.5, 0.6) is 0 Å². The molecule has 0 fully saturated rings. The van der Waals surface area contributed by atoms with Crippen molar-refractivity contribution in [2.45, 2.75) is 13.8 Å². The highest BCUT2D eigenvalue weighted by Crippen LogP contribution is 2.23.